The first-order valence-electron chi connectivity index (χ1n) is 24.8. The van der Waals surface area contributed by atoms with Crippen LogP contribution in [-0.2, 0) is 31.1 Å². The fourth-order valence-electron chi connectivity index (χ4n) is 9.14. The fraction of sp³-hybridized carbons (Fsp3) is 0.281. The molecule has 10 heteroatoms. The number of carbonyl (C=O) groups excluding carboxylic acids is 2. The van der Waals surface area contributed by atoms with Crippen LogP contribution in [0.1, 0.15) is 137 Å². The van der Waals surface area contributed by atoms with Gasteiger partial charge in [0, 0.05) is 23.2 Å². The van der Waals surface area contributed by atoms with E-state index in [-0.39, 0.29) is 55.3 Å². The molecule has 0 saturated carbocycles. The molecule has 4 heterocycles. The molecule has 4 aromatic carbocycles. The molecule has 0 saturated heterocycles. The number of nitrogens with one attached hydrogen (secondary N) is 2. The predicted molar refractivity (Wildman–Crippen MR) is 296 cm³/mol. The number of hydrogen-bond acceptors (Lipinski definition) is 8. The Balaban J connectivity index is 1.47. The monoisotopic (exact) mass is 980 g/mol. The fourth-order valence-corrected chi connectivity index (χ4v) is 9.14. The number of fused-ring (bicyclic) bond motifs is 1. The SMILES string of the molecule is COC(=O)c1ccnc(/C(C#N)=c2\[nH]c(-c3ccc(-c4cc(C(C)(C)C)cc(C(C)(C)C)c4)cc3)c3/c(=C(\C#N)c4cc(C(=O)OC)ccn4)[nH]c(-c4ccc(-c5cc(C(C)(C)C)cc(C(C)(C)C)c5)cc4)c23)c1. The lowest BCUT2D eigenvalue weighted by Gasteiger charge is -2.26. The minimum atomic E-state index is -0.576. The Morgan fingerprint density at radius 1 is 0.432 bits per heavy atom. The summed E-state index contributed by atoms with van der Waals surface area (Å²) < 4.78 is 10.1. The number of carbonyl (C=O) groups is 2. The quantitative estimate of drug-likeness (QED) is 0.142. The summed E-state index contributed by atoms with van der Waals surface area (Å²) in [6.07, 6.45) is 2.95. The van der Waals surface area contributed by atoms with Crippen molar-refractivity contribution >= 4 is 33.9 Å². The molecular formula is C64H64N6O4. The van der Waals surface area contributed by atoms with E-state index in [1.807, 2.05) is 24.3 Å². The Labute approximate surface area is 434 Å². The van der Waals surface area contributed by atoms with Crippen molar-refractivity contribution in [1.82, 2.24) is 19.9 Å². The van der Waals surface area contributed by atoms with E-state index in [0.29, 0.717) is 32.9 Å². The van der Waals surface area contributed by atoms with Crippen LogP contribution in [0.15, 0.2) is 122 Å². The Morgan fingerprint density at radius 2 is 0.730 bits per heavy atom. The van der Waals surface area contributed by atoms with Crippen LogP contribution in [0.2, 0.25) is 0 Å². The molecule has 8 rings (SSSR count). The molecule has 2 N–H and O–H groups in total. The highest BCUT2D eigenvalue weighted by Crippen LogP contribution is 2.39. The normalized spacial score (nSPS) is 13.0. The first kappa shape index (κ1) is 52.0. The zero-order valence-electron chi connectivity index (χ0n) is 45.0. The molecule has 374 valence electrons. The van der Waals surface area contributed by atoms with E-state index < -0.39 is 11.9 Å². The number of aromatic amines is 2. The predicted octanol–water partition coefficient (Wildman–Crippen LogP) is 13.2. The summed E-state index contributed by atoms with van der Waals surface area (Å²) >= 11 is 0. The van der Waals surface area contributed by atoms with Crippen molar-refractivity contribution in [2.24, 2.45) is 0 Å². The first-order chi connectivity index (χ1) is 34.8. The second kappa shape index (κ2) is 19.6. The van der Waals surface area contributed by atoms with Gasteiger partial charge in [0.15, 0.2) is 0 Å². The molecule has 0 bridgehead atoms. The summed E-state index contributed by atoms with van der Waals surface area (Å²) in [4.78, 5) is 42.3. The molecule has 0 aliphatic carbocycles. The number of hydrogen-bond donors (Lipinski definition) is 2. The van der Waals surface area contributed by atoms with Gasteiger partial charge in [-0.1, -0.05) is 168 Å². The van der Waals surface area contributed by atoms with Crippen molar-refractivity contribution in [2.75, 3.05) is 14.2 Å². The van der Waals surface area contributed by atoms with E-state index >= 15 is 0 Å². The van der Waals surface area contributed by atoms with Gasteiger partial charge in [0.05, 0.1) is 58.8 Å². The standard InChI is InChI=1S/C64H64N6O4/c1-61(2,3)45-27-43(28-46(33-45)62(4,5)6)37-15-19-39(20-16-37)55-53-54(58(69-55)50(36-66)52-32-42(24-26-68-52)60(72)74-14)56(70-57(53)49(35-65)51-31-41(23-25-67-51)59(71)73-13)40-21-17-38(18-22-40)44-29-47(63(7,8)9)34-48(30-44)64(10,11)12/h15-34,69-70H,1-14H3/b57-49-,58-50-. The lowest BCUT2D eigenvalue weighted by molar-refractivity contribution is 0.0591. The topological polar surface area (TPSA) is 158 Å². The summed E-state index contributed by atoms with van der Waals surface area (Å²) in [5.41, 5.74) is 12.8. The minimum Gasteiger partial charge on any atom is -0.465 e. The number of pyridine rings is 2. The molecule has 10 nitrogen and oxygen atoms in total. The number of benzene rings is 4. The Hall–Kier alpha value is -8.34. The maximum atomic E-state index is 12.9. The Bertz CT molecular complexity index is 3410. The summed E-state index contributed by atoms with van der Waals surface area (Å²) in [6, 6.07) is 41.2. The molecule has 0 unspecified atom stereocenters. The highest BCUT2D eigenvalue weighted by molar-refractivity contribution is 6.08. The summed E-state index contributed by atoms with van der Waals surface area (Å²) in [5, 5.41) is 24.5. The highest BCUT2D eigenvalue weighted by atomic mass is 16.5. The third-order valence-electron chi connectivity index (χ3n) is 13.7. The first-order valence-corrected chi connectivity index (χ1v) is 24.8. The minimum absolute atomic E-state index is 0.0849. The van der Waals surface area contributed by atoms with Crippen molar-refractivity contribution in [3.05, 3.63) is 177 Å². The zero-order valence-corrected chi connectivity index (χ0v) is 45.0. The number of methoxy groups -OCH3 is 2. The van der Waals surface area contributed by atoms with E-state index in [2.05, 4.69) is 176 Å². The van der Waals surface area contributed by atoms with Crippen molar-refractivity contribution < 1.29 is 19.1 Å². The van der Waals surface area contributed by atoms with E-state index in [1.165, 1.54) is 73.1 Å². The van der Waals surface area contributed by atoms with Crippen molar-refractivity contribution in [1.29, 1.82) is 10.5 Å². The lowest BCUT2D eigenvalue weighted by Crippen LogP contribution is -2.16. The number of nitrogens with zero attached hydrogens (tertiary/aromatic N) is 4. The molecule has 4 aromatic heterocycles. The third kappa shape index (κ3) is 10.3. The average molecular weight is 981 g/mol. The maximum Gasteiger partial charge on any atom is 0.337 e. The van der Waals surface area contributed by atoms with E-state index in [1.54, 1.807) is 0 Å². The van der Waals surface area contributed by atoms with Crippen LogP contribution in [0.25, 0.3) is 66.7 Å². The molecule has 0 aliphatic rings. The van der Waals surface area contributed by atoms with Crippen molar-refractivity contribution in [3.63, 3.8) is 0 Å². The molecular weight excluding hydrogens is 917 g/mol. The summed E-state index contributed by atoms with van der Waals surface area (Å²) in [5.74, 6) is -1.15. The van der Waals surface area contributed by atoms with Crippen LogP contribution in [0.4, 0.5) is 0 Å². The van der Waals surface area contributed by atoms with Gasteiger partial charge >= 0.3 is 11.9 Å². The molecule has 0 amide bonds. The zero-order chi connectivity index (χ0) is 53.7. The second-order valence-corrected chi connectivity index (χ2v) is 23.1. The van der Waals surface area contributed by atoms with Crippen LogP contribution < -0.4 is 10.7 Å². The van der Waals surface area contributed by atoms with Gasteiger partial charge in [-0.15, -0.1) is 0 Å². The summed E-state index contributed by atoms with van der Waals surface area (Å²) in [6.45, 7) is 26.7. The van der Waals surface area contributed by atoms with Gasteiger partial charge in [0.2, 0.25) is 0 Å². The van der Waals surface area contributed by atoms with E-state index in [4.69, 9.17) is 9.47 Å². The lowest BCUT2D eigenvalue weighted by atomic mass is 9.79. The molecule has 8 aromatic rings. The van der Waals surface area contributed by atoms with Gasteiger partial charge in [-0.2, -0.15) is 10.5 Å². The van der Waals surface area contributed by atoms with Crippen LogP contribution >= 0.6 is 0 Å². The molecule has 0 fully saturated rings. The van der Waals surface area contributed by atoms with Gasteiger partial charge in [-0.05, 0) is 102 Å². The number of aromatic nitrogens is 4. The number of ether oxygens (including phenoxy) is 2. The number of H-pyrrole nitrogens is 2. The van der Waals surface area contributed by atoms with Crippen LogP contribution in [0.5, 0.6) is 0 Å². The largest absolute Gasteiger partial charge is 0.465 e. The van der Waals surface area contributed by atoms with Gasteiger partial charge in [0.1, 0.15) is 23.3 Å². The number of rotatable bonds is 8. The molecule has 0 atom stereocenters. The summed E-state index contributed by atoms with van der Waals surface area (Å²) in [7, 11) is 2.60. The van der Waals surface area contributed by atoms with Gasteiger partial charge < -0.3 is 19.4 Å². The van der Waals surface area contributed by atoms with E-state index in [9.17, 15) is 20.1 Å². The third-order valence-corrected chi connectivity index (χ3v) is 13.7. The van der Waals surface area contributed by atoms with Crippen LogP contribution in [-0.4, -0.2) is 46.1 Å². The molecule has 0 radical (unpaired) electrons. The van der Waals surface area contributed by atoms with Gasteiger partial charge in [0.25, 0.3) is 0 Å². The smallest absolute Gasteiger partial charge is 0.337 e. The molecule has 0 aliphatic heterocycles. The Morgan fingerprint density at radius 3 is 1.00 bits per heavy atom. The number of esters is 2. The second-order valence-electron chi connectivity index (χ2n) is 23.1. The highest BCUT2D eigenvalue weighted by Gasteiger charge is 2.26. The van der Waals surface area contributed by atoms with Gasteiger partial charge in [-0.3, -0.25) is 9.97 Å². The van der Waals surface area contributed by atoms with Crippen LogP contribution in [0.3, 0.4) is 0 Å². The average Bonchev–Trinajstić information content (AvgIpc) is 3.94. The maximum absolute atomic E-state index is 12.9. The Kier molecular flexibility index (Phi) is 13.8. The molecule has 74 heavy (non-hydrogen) atoms. The van der Waals surface area contributed by atoms with E-state index in [0.717, 1.165) is 33.4 Å². The molecule has 0 spiro atoms. The van der Waals surface area contributed by atoms with Gasteiger partial charge in [-0.25, -0.2) is 9.59 Å². The van der Waals surface area contributed by atoms with Crippen molar-refractivity contribution in [3.8, 4) is 56.9 Å². The van der Waals surface area contributed by atoms with Crippen LogP contribution in [0, 0.1) is 22.7 Å². The number of nitriles is 2. The van der Waals surface area contributed by atoms with Crippen molar-refractivity contribution in [2.45, 2.75) is 105 Å².